The molecule has 0 radical (unpaired) electrons. The Morgan fingerprint density at radius 1 is 1.05 bits per heavy atom. The van der Waals surface area contributed by atoms with Crippen LogP contribution >= 0.6 is 0 Å². The zero-order valence-corrected chi connectivity index (χ0v) is 27.2. The summed E-state index contributed by atoms with van der Waals surface area (Å²) in [6.45, 7) is 29.5. The van der Waals surface area contributed by atoms with Crippen molar-refractivity contribution < 1.29 is 5.11 Å². The van der Waals surface area contributed by atoms with Gasteiger partial charge in [-0.2, -0.15) is 0 Å². The van der Waals surface area contributed by atoms with Crippen LogP contribution in [0.2, 0.25) is 0 Å². The first kappa shape index (κ1) is 33.7. The Kier molecular flexibility index (Phi) is 13.3. The molecular formula is C37H63NO. The molecule has 0 heterocycles. The third-order valence-corrected chi connectivity index (χ3v) is 9.15. The van der Waals surface area contributed by atoms with Gasteiger partial charge in [0.05, 0.1) is 6.10 Å². The summed E-state index contributed by atoms with van der Waals surface area (Å²) >= 11 is 0. The molecule has 0 bridgehead atoms. The van der Waals surface area contributed by atoms with Crippen molar-refractivity contribution in [1.82, 2.24) is 5.32 Å². The minimum Gasteiger partial charge on any atom is -0.388 e. The minimum atomic E-state index is -0.462. The number of aryl methyl sites for hydroxylation is 2. The normalized spacial score (nSPS) is 20.5. The van der Waals surface area contributed by atoms with Crippen molar-refractivity contribution in [3.05, 3.63) is 59.3 Å². The van der Waals surface area contributed by atoms with Gasteiger partial charge in [0, 0.05) is 11.7 Å². The van der Waals surface area contributed by atoms with Crippen molar-refractivity contribution in [1.29, 1.82) is 0 Å². The largest absolute Gasteiger partial charge is 0.388 e. The second-order valence-corrected chi connectivity index (χ2v) is 14.6. The van der Waals surface area contributed by atoms with Gasteiger partial charge in [0.15, 0.2) is 0 Å². The van der Waals surface area contributed by atoms with Crippen LogP contribution in [0.5, 0.6) is 0 Å². The van der Waals surface area contributed by atoms with Gasteiger partial charge in [-0.05, 0) is 96.6 Å². The standard InChI is InChI=1S/C37H63NO/c1-12-14-15-16-17-30-21-31(19-18-29(30)13-2)36(39)34(26(5)6)23-35(38-28(8)24-37(9,10)11)32-20-27(7)33(22-32)25(3)4/h18-19,21,25-26,32-36,38-39H,7-8,12-17,20,22-24H2,1-6,9-11H3/t32?,33-,34?,35?,36?/m0/s1. The van der Waals surface area contributed by atoms with Gasteiger partial charge in [-0.25, -0.2) is 0 Å². The zero-order valence-electron chi connectivity index (χ0n) is 27.2. The molecule has 2 nitrogen and oxygen atoms in total. The number of aliphatic hydroxyl groups is 1. The highest BCUT2D eigenvalue weighted by molar-refractivity contribution is 5.34. The topological polar surface area (TPSA) is 32.3 Å². The fourth-order valence-electron chi connectivity index (χ4n) is 6.89. The summed E-state index contributed by atoms with van der Waals surface area (Å²) in [5, 5.41) is 15.8. The highest BCUT2D eigenvalue weighted by atomic mass is 16.3. The SMILES string of the molecule is C=C(CC(C)(C)C)NC(CC(C(C)C)C(O)c1ccc(CC)c(CCCCCC)c1)C1CC(=C)[C@H](C(C)C)C1. The van der Waals surface area contributed by atoms with Crippen LogP contribution in [0.15, 0.2) is 42.6 Å². The molecule has 0 aromatic heterocycles. The Morgan fingerprint density at radius 3 is 2.28 bits per heavy atom. The predicted octanol–water partition coefficient (Wildman–Crippen LogP) is 10.2. The molecule has 1 aromatic carbocycles. The van der Waals surface area contributed by atoms with Gasteiger partial charge in [0.1, 0.15) is 0 Å². The van der Waals surface area contributed by atoms with E-state index >= 15 is 0 Å². The molecule has 222 valence electrons. The molecule has 39 heavy (non-hydrogen) atoms. The summed E-state index contributed by atoms with van der Waals surface area (Å²) < 4.78 is 0. The molecule has 0 aliphatic heterocycles. The molecular weight excluding hydrogens is 474 g/mol. The van der Waals surface area contributed by atoms with E-state index in [0.29, 0.717) is 29.7 Å². The predicted molar refractivity (Wildman–Crippen MR) is 172 cm³/mol. The van der Waals surface area contributed by atoms with E-state index < -0.39 is 6.10 Å². The van der Waals surface area contributed by atoms with Gasteiger partial charge in [0.25, 0.3) is 0 Å². The molecule has 1 saturated carbocycles. The zero-order chi connectivity index (χ0) is 29.3. The second-order valence-electron chi connectivity index (χ2n) is 14.6. The lowest BCUT2D eigenvalue weighted by molar-refractivity contribution is 0.0634. The molecule has 0 spiro atoms. The van der Waals surface area contributed by atoms with Crippen molar-refractivity contribution in [2.24, 2.45) is 35.0 Å². The van der Waals surface area contributed by atoms with Crippen molar-refractivity contribution >= 4 is 0 Å². The number of hydrogen-bond donors (Lipinski definition) is 2. The Labute approximate surface area is 243 Å². The maximum absolute atomic E-state index is 11.9. The van der Waals surface area contributed by atoms with Gasteiger partial charge in [-0.15, -0.1) is 0 Å². The highest BCUT2D eigenvalue weighted by Gasteiger charge is 2.38. The molecule has 1 aliphatic carbocycles. The number of nitrogens with one attached hydrogen (secondary N) is 1. The van der Waals surface area contributed by atoms with E-state index in [1.165, 1.54) is 48.8 Å². The summed E-state index contributed by atoms with van der Waals surface area (Å²) in [5.41, 5.74) is 6.70. The summed E-state index contributed by atoms with van der Waals surface area (Å²) in [5.74, 6) is 2.31. The van der Waals surface area contributed by atoms with E-state index in [1.54, 1.807) is 0 Å². The summed E-state index contributed by atoms with van der Waals surface area (Å²) in [6, 6.07) is 7.10. The molecule has 1 aromatic rings. The van der Waals surface area contributed by atoms with E-state index in [9.17, 15) is 5.11 Å². The third-order valence-electron chi connectivity index (χ3n) is 9.15. The fourth-order valence-corrected chi connectivity index (χ4v) is 6.89. The fraction of sp³-hybridized carbons (Fsp3) is 0.730. The summed E-state index contributed by atoms with van der Waals surface area (Å²) in [4.78, 5) is 0. The van der Waals surface area contributed by atoms with Crippen molar-refractivity contribution in [3.8, 4) is 0 Å². The van der Waals surface area contributed by atoms with Gasteiger partial charge in [-0.3, -0.25) is 0 Å². The molecule has 0 saturated heterocycles. The maximum atomic E-state index is 11.9. The van der Waals surface area contributed by atoms with Crippen molar-refractivity contribution in [3.63, 3.8) is 0 Å². The Bertz CT molecular complexity index is 904. The number of aliphatic hydroxyl groups excluding tert-OH is 1. The first-order valence-corrected chi connectivity index (χ1v) is 16.2. The third kappa shape index (κ3) is 10.4. The second kappa shape index (κ2) is 15.5. The average molecular weight is 538 g/mol. The number of rotatable bonds is 16. The van der Waals surface area contributed by atoms with E-state index in [4.69, 9.17) is 0 Å². The van der Waals surface area contributed by atoms with Crippen LogP contribution in [-0.2, 0) is 12.8 Å². The first-order valence-electron chi connectivity index (χ1n) is 16.2. The molecule has 1 fully saturated rings. The molecule has 2 N–H and O–H groups in total. The number of unbranched alkanes of at least 4 members (excludes halogenated alkanes) is 3. The van der Waals surface area contributed by atoms with E-state index in [-0.39, 0.29) is 11.3 Å². The van der Waals surface area contributed by atoms with Crippen molar-refractivity contribution in [2.75, 3.05) is 0 Å². The lowest BCUT2D eigenvalue weighted by Gasteiger charge is -2.35. The molecule has 4 unspecified atom stereocenters. The van der Waals surface area contributed by atoms with E-state index in [2.05, 4.69) is 99.0 Å². The van der Waals surface area contributed by atoms with Crippen LogP contribution < -0.4 is 5.32 Å². The quantitative estimate of drug-likeness (QED) is 0.162. The number of benzene rings is 1. The molecule has 0 amide bonds. The van der Waals surface area contributed by atoms with Gasteiger partial charge in [0.2, 0.25) is 0 Å². The first-order chi connectivity index (χ1) is 18.3. The smallest absolute Gasteiger partial charge is 0.0821 e. The number of allylic oxidation sites excluding steroid dienone is 2. The summed E-state index contributed by atoms with van der Waals surface area (Å²) in [7, 11) is 0. The van der Waals surface area contributed by atoms with Gasteiger partial charge in [-0.1, -0.05) is 119 Å². The molecule has 2 heteroatoms. The Balaban J connectivity index is 2.31. The van der Waals surface area contributed by atoms with Crippen LogP contribution in [0.3, 0.4) is 0 Å². The van der Waals surface area contributed by atoms with Crippen LogP contribution in [0, 0.1) is 35.0 Å². The van der Waals surface area contributed by atoms with Crippen LogP contribution in [-0.4, -0.2) is 11.1 Å². The van der Waals surface area contributed by atoms with Gasteiger partial charge >= 0.3 is 0 Å². The van der Waals surface area contributed by atoms with Crippen LogP contribution in [0.1, 0.15) is 136 Å². The lowest BCUT2D eigenvalue weighted by Crippen LogP contribution is -2.39. The number of hydrogen-bond acceptors (Lipinski definition) is 2. The van der Waals surface area contributed by atoms with Crippen molar-refractivity contribution in [2.45, 2.75) is 139 Å². The minimum absolute atomic E-state index is 0.178. The van der Waals surface area contributed by atoms with Crippen LogP contribution in [0.4, 0.5) is 0 Å². The molecule has 2 rings (SSSR count). The van der Waals surface area contributed by atoms with Crippen LogP contribution in [0.25, 0.3) is 0 Å². The maximum Gasteiger partial charge on any atom is 0.0821 e. The highest BCUT2D eigenvalue weighted by Crippen LogP contribution is 2.44. The summed E-state index contributed by atoms with van der Waals surface area (Å²) in [6.07, 6.45) is 11.0. The van der Waals surface area contributed by atoms with E-state index in [1.807, 2.05) is 0 Å². The molecule has 5 atom stereocenters. The Morgan fingerprint density at radius 2 is 1.74 bits per heavy atom. The van der Waals surface area contributed by atoms with E-state index in [0.717, 1.165) is 43.4 Å². The Hall–Kier alpha value is -1.54. The monoisotopic (exact) mass is 537 g/mol. The lowest BCUT2D eigenvalue weighted by atomic mass is 9.77. The molecule has 1 aliphatic rings. The average Bonchev–Trinajstić information content (AvgIpc) is 3.24. The van der Waals surface area contributed by atoms with Gasteiger partial charge < -0.3 is 10.4 Å².